The van der Waals surface area contributed by atoms with Gasteiger partial charge in [-0.2, -0.15) is 0 Å². The third-order valence-electron chi connectivity index (χ3n) is 4.98. The normalized spacial score (nSPS) is 18.7. The Morgan fingerprint density at radius 1 is 1.14 bits per heavy atom. The van der Waals surface area contributed by atoms with Crippen LogP contribution in [0.2, 0.25) is 0 Å². The number of halogens is 1. The first-order chi connectivity index (χ1) is 13.5. The molecule has 1 amide bonds. The topological polar surface area (TPSA) is 97.4 Å². The molecule has 1 atom stereocenters. The first-order valence-corrected chi connectivity index (χ1v) is 12.5. The van der Waals surface area contributed by atoms with Crippen molar-refractivity contribution in [2.24, 2.45) is 0 Å². The van der Waals surface area contributed by atoms with Crippen LogP contribution in [0.15, 0.2) is 47.4 Å². The van der Waals surface area contributed by atoms with Crippen LogP contribution in [-0.4, -0.2) is 39.5 Å². The monoisotopic (exact) mass is 439 g/mol. The van der Waals surface area contributed by atoms with Gasteiger partial charge in [-0.05, 0) is 48.2 Å². The molecule has 9 heteroatoms. The van der Waals surface area contributed by atoms with Crippen LogP contribution in [0.25, 0.3) is 0 Å². The lowest BCUT2D eigenvalue weighted by atomic mass is 10.0. The molecule has 1 unspecified atom stereocenters. The van der Waals surface area contributed by atoms with Crippen LogP contribution in [0.1, 0.15) is 42.1 Å². The average Bonchev–Trinajstić information content (AvgIpc) is 3.03. The van der Waals surface area contributed by atoms with Gasteiger partial charge in [0.2, 0.25) is 0 Å². The summed E-state index contributed by atoms with van der Waals surface area (Å²) in [6.07, 6.45) is -0.00816. The van der Waals surface area contributed by atoms with Crippen molar-refractivity contribution in [3.63, 3.8) is 0 Å². The van der Waals surface area contributed by atoms with E-state index in [0.29, 0.717) is 11.6 Å². The third kappa shape index (κ3) is 4.67. The molecule has 1 heterocycles. The van der Waals surface area contributed by atoms with Gasteiger partial charge in [-0.1, -0.05) is 26.0 Å². The first kappa shape index (κ1) is 21.4. The highest BCUT2D eigenvalue weighted by Crippen LogP contribution is 2.27. The van der Waals surface area contributed by atoms with Gasteiger partial charge in [0.05, 0.1) is 27.2 Å². The molecule has 29 heavy (non-hydrogen) atoms. The third-order valence-corrected chi connectivity index (χ3v) is 9.15. The number of nitrogens with one attached hydrogen (secondary N) is 1. The Hall–Kier alpha value is -2.26. The summed E-state index contributed by atoms with van der Waals surface area (Å²) in [5.74, 6) is -1.98. The predicted octanol–water partition coefficient (Wildman–Crippen LogP) is 3.16. The van der Waals surface area contributed by atoms with Crippen molar-refractivity contribution in [1.82, 2.24) is 0 Å². The Morgan fingerprint density at radius 3 is 2.34 bits per heavy atom. The van der Waals surface area contributed by atoms with Gasteiger partial charge in [0.1, 0.15) is 5.82 Å². The van der Waals surface area contributed by atoms with Gasteiger partial charge in [0.15, 0.2) is 19.7 Å². The van der Waals surface area contributed by atoms with Crippen molar-refractivity contribution in [3.05, 3.63) is 59.4 Å². The number of rotatable bonds is 5. The van der Waals surface area contributed by atoms with Gasteiger partial charge in [-0.3, -0.25) is 4.79 Å². The van der Waals surface area contributed by atoms with Crippen LogP contribution < -0.4 is 5.32 Å². The van der Waals surface area contributed by atoms with Crippen LogP contribution >= 0.6 is 0 Å². The Morgan fingerprint density at radius 2 is 1.79 bits per heavy atom. The van der Waals surface area contributed by atoms with Crippen molar-refractivity contribution < 1.29 is 26.0 Å². The number of anilines is 1. The molecule has 156 valence electrons. The molecule has 0 spiro atoms. The zero-order valence-electron chi connectivity index (χ0n) is 16.1. The van der Waals surface area contributed by atoms with Crippen molar-refractivity contribution in [1.29, 1.82) is 0 Å². The average molecular weight is 440 g/mol. The fourth-order valence-electron chi connectivity index (χ4n) is 3.20. The van der Waals surface area contributed by atoms with Crippen LogP contribution in [0.3, 0.4) is 0 Å². The maximum Gasteiger partial charge on any atom is 0.258 e. The Kier molecular flexibility index (Phi) is 5.82. The van der Waals surface area contributed by atoms with Gasteiger partial charge < -0.3 is 5.32 Å². The minimum absolute atomic E-state index is 0.00816. The second-order valence-electron chi connectivity index (χ2n) is 7.44. The Bertz CT molecular complexity index is 1140. The van der Waals surface area contributed by atoms with Gasteiger partial charge in [-0.15, -0.1) is 0 Å². The van der Waals surface area contributed by atoms with E-state index in [1.54, 1.807) is 12.1 Å². The maximum absolute atomic E-state index is 14.2. The number of hydrogen-bond donors (Lipinski definition) is 1. The highest BCUT2D eigenvalue weighted by atomic mass is 32.2. The lowest BCUT2D eigenvalue weighted by Crippen LogP contribution is -2.23. The number of benzene rings is 2. The largest absolute Gasteiger partial charge is 0.322 e. The lowest BCUT2D eigenvalue weighted by Gasteiger charge is -2.12. The van der Waals surface area contributed by atoms with Gasteiger partial charge in [0.25, 0.3) is 5.91 Å². The summed E-state index contributed by atoms with van der Waals surface area (Å²) < 4.78 is 63.0. The fourth-order valence-corrected chi connectivity index (χ4v) is 7.59. The minimum atomic E-state index is -4.00. The van der Waals surface area contributed by atoms with E-state index in [0.717, 1.165) is 23.8 Å². The molecular weight excluding hydrogens is 417 g/mol. The minimum Gasteiger partial charge on any atom is -0.322 e. The molecule has 1 fully saturated rings. The zero-order chi connectivity index (χ0) is 21.4. The molecule has 0 saturated carbocycles. The summed E-state index contributed by atoms with van der Waals surface area (Å²) >= 11 is 0. The second-order valence-corrected chi connectivity index (χ2v) is 11.9. The summed E-state index contributed by atoms with van der Waals surface area (Å²) in [5.41, 5.74) is 1.11. The molecule has 0 bridgehead atoms. The first-order valence-electron chi connectivity index (χ1n) is 9.15. The van der Waals surface area contributed by atoms with E-state index in [-0.39, 0.29) is 17.1 Å². The van der Waals surface area contributed by atoms with Crippen molar-refractivity contribution in [2.45, 2.75) is 36.3 Å². The molecule has 0 aromatic heterocycles. The molecule has 0 radical (unpaired) electrons. The summed E-state index contributed by atoms with van der Waals surface area (Å²) in [4.78, 5) is 12.3. The molecule has 1 saturated heterocycles. The van der Waals surface area contributed by atoms with E-state index in [2.05, 4.69) is 5.32 Å². The predicted molar refractivity (Wildman–Crippen MR) is 109 cm³/mol. The number of hydrogen-bond acceptors (Lipinski definition) is 5. The van der Waals surface area contributed by atoms with Crippen molar-refractivity contribution in [2.75, 3.05) is 16.8 Å². The van der Waals surface area contributed by atoms with Gasteiger partial charge in [0, 0.05) is 5.69 Å². The molecule has 2 aromatic carbocycles. The molecule has 1 N–H and O–H groups in total. The summed E-state index contributed by atoms with van der Waals surface area (Å²) in [5, 5.41) is 1.47. The molecule has 6 nitrogen and oxygen atoms in total. The fraction of sp³-hybridized carbons (Fsp3) is 0.350. The van der Waals surface area contributed by atoms with Crippen LogP contribution in [-0.2, 0) is 19.7 Å². The number of carbonyl (C=O) groups excluding carboxylic acids is 1. The van der Waals surface area contributed by atoms with E-state index in [1.165, 1.54) is 0 Å². The maximum atomic E-state index is 14.2. The SMILES string of the molecule is CC(C)c1ccc(NC(=O)c2cc(S(=O)(=O)C3CCS(=O)(=O)C3)ccc2F)cc1. The van der Waals surface area contributed by atoms with Crippen LogP contribution in [0.5, 0.6) is 0 Å². The number of amides is 1. The van der Waals surface area contributed by atoms with E-state index >= 15 is 0 Å². The van der Waals surface area contributed by atoms with Crippen LogP contribution in [0.4, 0.5) is 10.1 Å². The number of sulfone groups is 2. The summed E-state index contributed by atoms with van der Waals surface area (Å²) in [7, 11) is -7.40. The zero-order valence-corrected chi connectivity index (χ0v) is 17.7. The standard InChI is InChI=1S/C20H22FNO5S2/c1-13(2)14-3-5-15(6-4-14)22-20(23)18-11-16(7-8-19(18)21)29(26,27)17-9-10-28(24,25)12-17/h3-8,11,13,17H,9-10,12H2,1-2H3,(H,22,23). The van der Waals surface area contributed by atoms with Crippen LogP contribution in [0, 0.1) is 5.82 Å². The van der Waals surface area contributed by atoms with Crippen molar-refractivity contribution in [3.8, 4) is 0 Å². The van der Waals surface area contributed by atoms with E-state index in [9.17, 15) is 26.0 Å². The summed E-state index contributed by atoms with van der Waals surface area (Å²) in [6.45, 7) is 4.06. The molecule has 1 aliphatic heterocycles. The lowest BCUT2D eigenvalue weighted by molar-refractivity contribution is 0.102. The molecule has 0 aliphatic carbocycles. The molecular formula is C20H22FNO5S2. The van der Waals surface area contributed by atoms with Gasteiger partial charge >= 0.3 is 0 Å². The summed E-state index contributed by atoms with van der Waals surface area (Å²) in [6, 6.07) is 10.0. The Labute approximate surface area is 170 Å². The second kappa shape index (κ2) is 7.87. The van der Waals surface area contributed by atoms with Gasteiger partial charge in [-0.25, -0.2) is 21.2 Å². The molecule has 2 aromatic rings. The highest BCUT2D eigenvalue weighted by Gasteiger charge is 2.38. The smallest absolute Gasteiger partial charge is 0.258 e. The van der Waals surface area contributed by atoms with E-state index in [1.807, 2.05) is 26.0 Å². The number of carbonyl (C=O) groups is 1. The Balaban J connectivity index is 1.86. The quantitative estimate of drug-likeness (QED) is 0.722. The molecule has 3 rings (SSSR count). The van der Waals surface area contributed by atoms with E-state index < -0.39 is 48.0 Å². The highest BCUT2D eigenvalue weighted by molar-refractivity contribution is 7.96. The molecule has 1 aliphatic rings. The van der Waals surface area contributed by atoms with E-state index in [4.69, 9.17) is 0 Å². The van der Waals surface area contributed by atoms with Crippen molar-refractivity contribution >= 4 is 31.3 Å².